The lowest BCUT2D eigenvalue weighted by Crippen LogP contribution is -2.30. The molecule has 1 fully saturated rings. The van der Waals surface area contributed by atoms with E-state index >= 15 is 0 Å². The summed E-state index contributed by atoms with van der Waals surface area (Å²) in [7, 11) is 0. The average molecular weight is 275 g/mol. The fourth-order valence-corrected chi connectivity index (χ4v) is 3.07. The Bertz CT molecular complexity index is 341. The largest absolute Gasteiger partial charge is 0.395 e. The minimum Gasteiger partial charge on any atom is -0.395 e. The predicted octanol–water partition coefficient (Wildman–Crippen LogP) is 2.27. The van der Waals surface area contributed by atoms with Crippen molar-refractivity contribution < 1.29 is 5.11 Å². The molecular formula is C12H19ClN2OS. The molecule has 0 atom stereocenters. The molecule has 1 aliphatic rings. The molecule has 5 heteroatoms. The zero-order chi connectivity index (χ0) is 12.1. The summed E-state index contributed by atoms with van der Waals surface area (Å²) in [6.07, 6.45) is 4.74. The highest BCUT2D eigenvalue weighted by atomic mass is 35.5. The first-order chi connectivity index (χ1) is 8.33. The first-order valence-corrected chi connectivity index (χ1v) is 7.59. The van der Waals surface area contributed by atoms with E-state index in [1.165, 1.54) is 17.8 Å². The first-order valence-electron chi connectivity index (χ1n) is 6.17. The van der Waals surface area contributed by atoms with Crippen molar-refractivity contribution in [3.8, 4) is 0 Å². The minimum absolute atomic E-state index is 0.268. The van der Waals surface area contributed by atoms with Crippen molar-refractivity contribution in [3.63, 3.8) is 0 Å². The van der Waals surface area contributed by atoms with Crippen molar-refractivity contribution in [1.29, 1.82) is 0 Å². The molecule has 0 bridgehead atoms. The van der Waals surface area contributed by atoms with E-state index < -0.39 is 0 Å². The summed E-state index contributed by atoms with van der Waals surface area (Å²) in [5, 5.41) is 12.2. The molecule has 1 heterocycles. The third-order valence-electron chi connectivity index (χ3n) is 3.02. The Labute approximate surface area is 111 Å². The lowest BCUT2D eigenvalue weighted by atomic mass is 10.3. The summed E-state index contributed by atoms with van der Waals surface area (Å²) < 4.78 is 0. The minimum atomic E-state index is 0.268. The second-order valence-electron chi connectivity index (χ2n) is 4.46. The lowest BCUT2D eigenvalue weighted by molar-refractivity contribution is 0.188. The smallest absolute Gasteiger partial charge is 0.0929 e. The van der Waals surface area contributed by atoms with Crippen LogP contribution in [0.15, 0.2) is 5.38 Å². The second-order valence-corrected chi connectivity index (χ2v) is 5.67. The number of aryl methyl sites for hydroxylation is 1. The number of alkyl halides is 1. The van der Waals surface area contributed by atoms with E-state index in [0.29, 0.717) is 5.88 Å². The van der Waals surface area contributed by atoms with Gasteiger partial charge in [-0.3, -0.25) is 4.90 Å². The molecule has 1 aromatic rings. The van der Waals surface area contributed by atoms with Gasteiger partial charge >= 0.3 is 0 Å². The molecule has 0 spiro atoms. The molecule has 96 valence electrons. The van der Waals surface area contributed by atoms with Gasteiger partial charge in [-0.25, -0.2) is 4.98 Å². The summed E-state index contributed by atoms with van der Waals surface area (Å²) in [6.45, 7) is 2.15. The van der Waals surface area contributed by atoms with Gasteiger partial charge in [0.25, 0.3) is 0 Å². The molecule has 1 aromatic heterocycles. The van der Waals surface area contributed by atoms with Crippen LogP contribution < -0.4 is 0 Å². The molecule has 2 rings (SSSR count). The van der Waals surface area contributed by atoms with Crippen LogP contribution in [-0.2, 0) is 12.3 Å². The van der Waals surface area contributed by atoms with Crippen molar-refractivity contribution in [2.75, 3.05) is 19.7 Å². The quantitative estimate of drug-likeness (QED) is 0.739. The Balaban J connectivity index is 1.70. The number of halogens is 1. The molecule has 0 aliphatic heterocycles. The molecule has 17 heavy (non-hydrogen) atoms. The predicted molar refractivity (Wildman–Crippen MR) is 71.7 cm³/mol. The van der Waals surface area contributed by atoms with E-state index in [-0.39, 0.29) is 6.61 Å². The maximum atomic E-state index is 9.00. The molecule has 1 aliphatic carbocycles. The summed E-state index contributed by atoms with van der Waals surface area (Å²) in [4.78, 5) is 6.85. The number of hydrogen-bond donors (Lipinski definition) is 1. The van der Waals surface area contributed by atoms with Crippen LogP contribution in [0.1, 0.15) is 30.0 Å². The van der Waals surface area contributed by atoms with Gasteiger partial charge in [-0.1, -0.05) is 0 Å². The standard InChI is InChI=1S/C12H19ClN2OS/c13-8-10-9-17-12(14-10)2-1-5-15(6-7-16)11-3-4-11/h9,11,16H,1-8H2. The number of aromatic nitrogens is 1. The van der Waals surface area contributed by atoms with Crippen molar-refractivity contribution in [2.45, 2.75) is 37.6 Å². The van der Waals surface area contributed by atoms with Crippen LogP contribution in [0, 0.1) is 0 Å². The summed E-state index contributed by atoms with van der Waals surface area (Å²) in [5.74, 6) is 0.509. The van der Waals surface area contributed by atoms with Gasteiger partial charge in [-0.05, 0) is 25.8 Å². The van der Waals surface area contributed by atoms with E-state index in [1.54, 1.807) is 11.3 Å². The second kappa shape index (κ2) is 6.69. The van der Waals surface area contributed by atoms with Gasteiger partial charge in [0.2, 0.25) is 0 Å². The van der Waals surface area contributed by atoms with Crippen molar-refractivity contribution in [1.82, 2.24) is 9.88 Å². The molecule has 0 unspecified atom stereocenters. The Kier molecular flexibility index (Phi) is 5.22. The summed E-state index contributed by atoms with van der Waals surface area (Å²) >= 11 is 7.42. The highest BCUT2D eigenvalue weighted by Crippen LogP contribution is 2.26. The monoisotopic (exact) mass is 274 g/mol. The maximum absolute atomic E-state index is 9.00. The average Bonchev–Trinajstić information content (AvgIpc) is 3.08. The molecule has 1 saturated carbocycles. The zero-order valence-electron chi connectivity index (χ0n) is 9.94. The van der Waals surface area contributed by atoms with E-state index in [1.807, 2.05) is 5.38 Å². The molecule has 0 amide bonds. The third-order valence-corrected chi connectivity index (χ3v) is 4.25. The fourth-order valence-electron chi connectivity index (χ4n) is 2.00. The van der Waals surface area contributed by atoms with Gasteiger partial charge in [-0.2, -0.15) is 0 Å². The van der Waals surface area contributed by atoms with Gasteiger partial charge in [0, 0.05) is 24.4 Å². The normalized spacial score (nSPS) is 15.7. The van der Waals surface area contributed by atoms with Crippen molar-refractivity contribution in [2.24, 2.45) is 0 Å². The summed E-state index contributed by atoms with van der Waals surface area (Å²) in [6, 6.07) is 0.733. The number of aliphatic hydroxyl groups excluding tert-OH is 1. The van der Waals surface area contributed by atoms with Crippen molar-refractivity contribution in [3.05, 3.63) is 16.1 Å². The zero-order valence-corrected chi connectivity index (χ0v) is 11.5. The van der Waals surface area contributed by atoms with Crippen molar-refractivity contribution >= 4 is 22.9 Å². The SMILES string of the molecule is OCCN(CCCc1nc(CCl)cs1)C1CC1. The molecule has 0 radical (unpaired) electrons. The summed E-state index contributed by atoms with van der Waals surface area (Å²) in [5.41, 5.74) is 0.987. The van der Waals surface area contributed by atoms with Crippen LogP contribution in [0.25, 0.3) is 0 Å². The molecule has 3 nitrogen and oxygen atoms in total. The highest BCUT2D eigenvalue weighted by molar-refractivity contribution is 7.09. The van der Waals surface area contributed by atoms with Crippen LogP contribution >= 0.6 is 22.9 Å². The highest BCUT2D eigenvalue weighted by Gasteiger charge is 2.27. The Morgan fingerprint density at radius 1 is 1.47 bits per heavy atom. The number of nitrogens with zero attached hydrogens (tertiary/aromatic N) is 2. The van der Waals surface area contributed by atoms with Crippen LogP contribution in [0.3, 0.4) is 0 Å². The molecule has 1 N–H and O–H groups in total. The molecule has 0 aromatic carbocycles. The van der Waals surface area contributed by atoms with Gasteiger partial charge < -0.3 is 5.11 Å². The topological polar surface area (TPSA) is 36.4 Å². The van der Waals surface area contributed by atoms with E-state index in [9.17, 15) is 0 Å². The van der Waals surface area contributed by atoms with E-state index in [2.05, 4.69) is 9.88 Å². The van der Waals surface area contributed by atoms with E-state index in [4.69, 9.17) is 16.7 Å². The van der Waals surface area contributed by atoms with Crippen LogP contribution in [0.4, 0.5) is 0 Å². The number of thiazole rings is 1. The molecular weight excluding hydrogens is 256 g/mol. The number of hydrogen-bond acceptors (Lipinski definition) is 4. The van der Waals surface area contributed by atoms with Gasteiger partial charge in [0.1, 0.15) is 0 Å². The lowest BCUT2D eigenvalue weighted by Gasteiger charge is -2.20. The fraction of sp³-hybridized carbons (Fsp3) is 0.750. The Morgan fingerprint density at radius 2 is 2.29 bits per heavy atom. The van der Waals surface area contributed by atoms with Gasteiger partial charge in [0.05, 0.1) is 23.2 Å². The van der Waals surface area contributed by atoms with E-state index in [0.717, 1.165) is 37.7 Å². The third kappa shape index (κ3) is 4.21. The Morgan fingerprint density at radius 3 is 2.88 bits per heavy atom. The van der Waals surface area contributed by atoms with Crippen LogP contribution in [0.2, 0.25) is 0 Å². The van der Waals surface area contributed by atoms with Crippen LogP contribution in [0.5, 0.6) is 0 Å². The maximum Gasteiger partial charge on any atom is 0.0929 e. The van der Waals surface area contributed by atoms with Gasteiger partial charge in [0.15, 0.2) is 0 Å². The van der Waals surface area contributed by atoms with Crippen LogP contribution in [-0.4, -0.2) is 40.7 Å². The van der Waals surface area contributed by atoms with Gasteiger partial charge in [-0.15, -0.1) is 22.9 Å². The first kappa shape index (κ1) is 13.3. The number of rotatable bonds is 8. The molecule has 0 saturated heterocycles. The number of aliphatic hydroxyl groups is 1. The Hall–Kier alpha value is -0.160.